The largest absolute Gasteiger partial charge is 0.508 e. The normalized spacial score (nSPS) is 15.4. The van der Waals surface area contributed by atoms with Crippen molar-refractivity contribution in [1.29, 1.82) is 0 Å². The molecule has 2 N–H and O–H groups in total. The Morgan fingerprint density at radius 1 is 1.22 bits per heavy atom. The van der Waals surface area contributed by atoms with Crippen molar-refractivity contribution in [2.75, 3.05) is 11.9 Å². The topological polar surface area (TPSA) is 69.6 Å². The Bertz CT molecular complexity index is 929. The number of carbonyl (C=O) groups is 2. The lowest BCUT2D eigenvalue weighted by molar-refractivity contribution is -0.122. The molecule has 0 spiro atoms. The number of thiocarbonyl (C=S) groups is 1. The van der Waals surface area contributed by atoms with Crippen molar-refractivity contribution >= 4 is 63.5 Å². The SMILES string of the molecule is O=C(CCN1C(=O)/C(=C/c2ccccc2Cl)SC1=S)Nc1ccc(O)cc1. The number of rotatable bonds is 5. The summed E-state index contributed by atoms with van der Waals surface area (Å²) in [7, 11) is 0. The Kier molecular flexibility index (Phi) is 6.15. The summed E-state index contributed by atoms with van der Waals surface area (Å²) in [6.07, 6.45) is 1.81. The van der Waals surface area contributed by atoms with Crippen LogP contribution in [0.25, 0.3) is 6.08 Å². The second kappa shape index (κ2) is 8.56. The Balaban J connectivity index is 1.61. The van der Waals surface area contributed by atoms with Crippen molar-refractivity contribution in [3.05, 3.63) is 64.0 Å². The Hall–Kier alpha value is -2.35. The number of aromatic hydroxyl groups is 1. The number of hydrogen-bond donors (Lipinski definition) is 2. The number of nitrogens with zero attached hydrogens (tertiary/aromatic N) is 1. The average molecular weight is 419 g/mol. The van der Waals surface area contributed by atoms with Gasteiger partial charge in [0.15, 0.2) is 0 Å². The molecule has 1 aliphatic heterocycles. The van der Waals surface area contributed by atoms with Gasteiger partial charge in [0.05, 0.1) is 4.91 Å². The first-order chi connectivity index (χ1) is 12.9. The molecule has 1 aliphatic rings. The molecule has 0 aromatic heterocycles. The fourth-order valence-corrected chi connectivity index (χ4v) is 3.90. The molecule has 8 heteroatoms. The van der Waals surface area contributed by atoms with E-state index >= 15 is 0 Å². The molecule has 27 heavy (non-hydrogen) atoms. The third-order valence-electron chi connectivity index (χ3n) is 3.78. The highest BCUT2D eigenvalue weighted by Gasteiger charge is 2.32. The van der Waals surface area contributed by atoms with Crippen LogP contribution in [0.4, 0.5) is 5.69 Å². The molecule has 2 aromatic rings. The maximum Gasteiger partial charge on any atom is 0.266 e. The van der Waals surface area contributed by atoms with Gasteiger partial charge < -0.3 is 10.4 Å². The monoisotopic (exact) mass is 418 g/mol. The molecular weight excluding hydrogens is 404 g/mol. The zero-order chi connectivity index (χ0) is 19.4. The second-order valence-corrected chi connectivity index (χ2v) is 7.78. The number of hydrogen-bond acceptors (Lipinski definition) is 5. The molecule has 1 fully saturated rings. The molecule has 5 nitrogen and oxygen atoms in total. The molecule has 3 rings (SSSR count). The lowest BCUT2D eigenvalue weighted by Crippen LogP contribution is -2.31. The molecule has 2 aromatic carbocycles. The van der Waals surface area contributed by atoms with Crippen LogP contribution in [0.5, 0.6) is 5.75 Å². The second-order valence-electron chi connectivity index (χ2n) is 5.70. The first-order valence-electron chi connectivity index (χ1n) is 8.03. The highest BCUT2D eigenvalue weighted by molar-refractivity contribution is 8.26. The van der Waals surface area contributed by atoms with Gasteiger partial charge in [0.2, 0.25) is 5.91 Å². The molecule has 2 amide bonds. The number of thioether (sulfide) groups is 1. The number of carbonyl (C=O) groups excluding carboxylic acids is 2. The lowest BCUT2D eigenvalue weighted by atomic mass is 10.2. The molecule has 0 radical (unpaired) electrons. The van der Waals surface area contributed by atoms with E-state index in [0.29, 0.717) is 19.9 Å². The van der Waals surface area contributed by atoms with E-state index in [-0.39, 0.29) is 30.5 Å². The number of anilines is 1. The zero-order valence-corrected chi connectivity index (χ0v) is 16.4. The van der Waals surface area contributed by atoms with Crippen LogP contribution in [0, 0.1) is 0 Å². The van der Waals surface area contributed by atoms with E-state index in [9.17, 15) is 14.7 Å². The van der Waals surface area contributed by atoms with Crippen molar-refractivity contribution in [2.24, 2.45) is 0 Å². The molecule has 0 unspecified atom stereocenters. The summed E-state index contributed by atoms with van der Waals surface area (Å²) in [5.74, 6) is -0.358. The summed E-state index contributed by atoms with van der Waals surface area (Å²) < 4.78 is 0.413. The Morgan fingerprint density at radius 2 is 1.93 bits per heavy atom. The number of phenols is 1. The molecule has 138 valence electrons. The van der Waals surface area contributed by atoms with Gasteiger partial charge in [-0.3, -0.25) is 14.5 Å². The van der Waals surface area contributed by atoms with E-state index in [0.717, 1.165) is 5.56 Å². The summed E-state index contributed by atoms with van der Waals surface area (Å²) in [5.41, 5.74) is 1.31. The van der Waals surface area contributed by atoms with Gasteiger partial charge in [-0.25, -0.2) is 0 Å². The minimum Gasteiger partial charge on any atom is -0.508 e. The van der Waals surface area contributed by atoms with Gasteiger partial charge in [-0.05, 0) is 42.0 Å². The van der Waals surface area contributed by atoms with E-state index in [2.05, 4.69) is 5.32 Å². The molecule has 1 heterocycles. The van der Waals surface area contributed by atoms with Gasteiger partial charge in [-0.1, -0.05) is 53.8 Å². The smallest absolute Gasteiger partial charge is 0.266 e. The van der Waals surface area contributed by atoms with E-state index < -0.39 is 0 Å². The first kappa shape index (κ1) is 19.4. The summed E-state index contributed by atoms with van der Waals surface area (Å²) >= 11 is 12.6. The molecular formula is C19H15ClN2O3S2. The molecule has 0 atom stereocenters. The first-order valence-corrected chi connectivity index (χ1v) is 9.63. The Labute approximate surface area is 171 Å². The van der Waals surface area contributed by atoms with E-state index in [4.69, 9.17) is 23.8 Å². The fraction of sp³-hybridized carbons (Fsp3) is 0.105. The van der Waals surface area contributed by atoms with Crippen LogP contribution in [0.3, 0.4) is 0 Å². The van der Waals surface area contributed by atoms with Gasteiger partial charge in [0.25, 0.3) is 5.91 Å². The van der Waals surface area contributed by atoms with Crippen molar-refractivity contribution in [2.45, 2.75) is 6.42 Å². The van der Waals surface area contributed by atoms with Crippen molar-refractivity contribution in [3.8, 4) is 5.75 Å². The van der Waals surface area contributed by atoms with Crippen LogP contribution >= 0.6 is 35.6 Å². The minimum atomic E-state index is -0.246. The average Bonchev–Trinajstić information content (AvgIpc) is 2.90. The van der Waals surface area contributed by atoms with Crippen molar-refractivity contribution in [1.82, 2.24) is 4.90 Å². The number of benzene rings is 2. The standard InChI is InChI=1S/C19H15ClN2O3S2/c20-15-4-2-1-3-12(15)11-16-18(25)22(19(26)27-16)10-9-17(24)21-13-5-7-14(23)8-6-13/h1-8,11,23H,9-10H2,(H,21,24)/b16-11-. The maximum atomic E-state index is 12.6. The summed E-state index contributed by atoms with van der Waals surface area (Å²) in [4.78, 5) is 26.6. The van der Waals surface area contributed by atoms with Crippen LogP contribution in [-0.2, 0) is 9.59 Å². The maximum absolute atomic E-state index is 12.6. The molecule has 0 bridgehead atoms. The Morgan fingerprint density at radius 3 is 2.63 bits per heavy atom. The predicted molar refractivity (Wildman–Crippen MR) is 113 cm³/mol. The van der Waals surface area contributed by atoms with Gasteiger partial charge in [-0.15, -0.1) is 0 Å². The van der Waals surface area contributed by atoms with Crippen LogP contribution in [0.2, 0.25) is 5.02 Å². The van der Waals surface area contributed by atoms with Crippen molar-refractivity contribution in [3.63, 3.8) is 0 Å². The summed E-state index contributed by atoms with van der Waals surface area (Å²) in [6.45, 7) is 0.189. The number of nitrogens with one attached hydrogen (secondary N) is 1. The number of amides is 2. The van der Waals surface area contributed by atoms with Gasteiger partial charge in [-0.2, -0.15) is 0 Å². The summed E-state index contributed by atoms with van der Waals surface area (Å²) in [6, 6.07) is 13.4. The predicted octanol–water partition coefficient (Wildman–Crippen LogP) is 4.28. The highest BCUT2D eigenvalue weighted by Crippen LogP contribution is 2.33. The quantitative estimate of drug-likeness (QED) is 0.431. The summed E-state index contributed by atoms with van der Waals surface area (Å²) in [5, 5.41) is 12.5. The lowest BCUT2D eigenvalue weighted by Gasteiger charge is -2.14. The van der Waals surface area contributed by atoms with Gasteiger partial charge in [0.1, 0.15) is 10.1 Å². The third kappa shape index (κ3) is 4.88. The highest BCUT2D eigenvalue weighted by atomic mass is 35.5. The number of halogens is 1. The van der Waals surface area contributed by atoms with Crippen LogP contribution in [-0.4, -0.2) is 32.7 Å². The molecule has 0 aliphatic carbocycles. The van der Waals surface area contributed by atoms with Crippen LogP contribution in [0.1, 0.15) is 12.0 Å². The van der Waals surface area contributed by atoms with E-state index in [1.54, 1.807) is 24.3 Å². The minimum absolute atomic E-state index is 0.104. The van der Waals surface area contributed by atoms with Crippen LogP contribution < -0.4 is 5.32 Å². The molecule has 1 saturated heterocycles. The van der Waals surface area contributed by atoms with Crippen molar-refractivity contribution < 1.29 is 14.7 Å². The molecule has 0 saturated carbocycles. The fourth-order valence-electron chi connectivity index (χ4n) is 2.41. The van der Waals surface area contributed by atoms with E-state index in [1.807, 2.05) is 18.2 Å². The number of phenolic OH excluding ortho intramolecular Hbond substituents is 1. The third-order valence-corrected chi connectivity index (χ3v) is 5.50. The van der Waals surface area contributed by atoms with Gasteiger partial charge >= 0.3 is 0 Å². The zero-order valence-electron chi connectivity index (χ0n) is 14.0. The van der Waals surface area contributed by atoms with Crippen LogP contribution in [0.15, 0.2) is 53.4 Å². The van der Waals surface area contributed by atoms with Gasteiger partial charge in [0, 0.05) is 23.7 Å². The van der Waals surface area contributed by atoms with E-state index in [1.165, 1.54) is 28.8 Å².